The zero-order chi connectivity index (χ0) is 14.1. The van der Waals surface area contributed by atoms with Crippen LogP contribution in [-0.2, 0) is 6.54 Å². The van der Waals surface area contributed by atoms with E-state index in [1.165, 1.54) is 6.39 Å². The molecule has 1 saturated carbocycles. The Bertz CT molecular complexity index is 625. The van der Waals surface area contributed by atoms with Crippen molar-refractivity contribution < 1.29 is 9.32 Å². The Morgan fingerprint density at radius 1 is 1.50 bits per heavy atom. The Morgan fingerprint density at radius 3 is 2.95 bits per heavy atom. The molecule has 2 aromatic rings. The van der Waals surface area contributed by atoms with E-state index in [0.717, 1.165) is 23.0 Å². The minimum absolute atomic E-state index is 0.0782. The van der Waals surface area contributed by atoms with Crippen molar-refractivity contribution in [3.8, 4) is 0 Å². The van der Waals surface area contributed by atoms with Crippen LogP contribution in [0.2, 0.25) is 0 Å². The third-order valence-corrected chi connectivity index (χ3v) is 3.65. The Hall–Kier alpha value is -1.76. The van der Waals surface area contributed by atoms with Crippen LogP contribution in [0.25, 0.3) is 0 Å². The number of halogens is 1. The molecule has 0 unspecified atom stereocenters. The van der Waals surface area contributed by atoms with Gasteiger partial charge in [-0.1, -0.05) is 5.16 Å². The highest BCUT2D eigenvalue weighted by atomic mass is 79.9. The van der Waals surface area contributed by atoms with Crippen molar-refractivity contribution in [3.05, 3.63) is 40.2 Å². The molecule has 3 rings (SSSR count). The third kappa shape index (κ3) is 2.72. The second kappa shape index (κ2) is 5.32. The molecule has 1 aliphatic rings. The van der Waals surface area contributed by atoms with Crippen molar-refractivity contribution in [2.45, 2.75) is 25.3 Å². The van der Waals surface area contributed by atoms with Gasteiger partial charge in [-0.3, -0.25) is 9.78 Å². The summed E-state index contributed by atoms with van der Waals surface area (Å²) in [5.74, 6) is 0.822. The molecular weight excluding hydrogens is 324 g/mol. The molecule has 104 valence electrons. The molecule has 1 aliphatic carbocycles. The first-order valence-corrected chi connectivity index (χ1v) is 7.10. The van der Waals surface area contributed by atoms with E-state index in [2.05, 4.69) is 35.6 Å². The van der Waals surface area contributed by atoms with Crippen LogP contribution >= 0.6 is 15.9 Å². The molecule has 7 heteroatoms. The molecule has 0 bridgehead atoms. The summed E-state index contributed by atoms with van der Waals surface area (Å²) in [6, 6.07) is 1.83. The van der Waals surface area contributed by atoms with E-state index in [0.29, 0.717) is 23.9 Å². The molecule has 0 aromatic carbocycles. The maximum absolute atomic E-state index is 12.6. The number of hydrogen-bond donors (Lipinski definition) is 0. The van der Waals surface area contributed by atoms with Gasteiger partial charge in [0.15, 0.2) is 5.82 Å². The third-order valence-electron chi connectivity index (χ3n) is 3.21. The predicted molar refractivity (Wildman–Crippen MR) is 74.0 cm³/mol. The summed E-state index contributed by atoms with van der Waals surface area (Å²) in [7, 11) is 1.72. The molecule has 2 aromatic heterocycles. The van der Waals surface area contributed by atoms with Gasteiger partial charge in [0.1, 0.15) is 0 Å². The van der Waals surface area contributed by atoms with Gasteiger partial charge in [-0.05, 0) is 34.8 Å². The van der Waals surface area contributed by atoms with Crippen molar-refractivity contribution in [2.24, 2.45) is 0 Å². The lowest BCUT2D eigenvalue weighted by atomic mass is 10.1. The minimum atomic E-state index is -0.0782. The van der Waals surface area contributed by atoms with E-state index in [4.69, 9.17) is 0 Å². The summed E-state index contributed by atoms with van der Waals surface area (Å²) in [6.45, 7) is 0.311. The Labute approximate surface area is 124 Å². The largest absolute Gasteiger partial charge is 0.343 e. The van der Waals surface area contributed by atoms with Gasteiger partial charge in [-0.25, -0.2) is 0 Å². The normalized spacial score (nSPS) is 14.3. The SMILES string of the molecule is CN(Cc1ncon1)C(=O)c1cc(Br)cnc1C1CC1. The molecule has 0 spiro atoms. The zero-order valence-corrected chi connectivity index (χ0v) is 12.5. The highest BCUT2D eigenvalue weighted by Gasteiger charge is 2.30. The van der Waals surface area contributed by atoms with Crippen LogP contribution in [0, 0.1) is 0 Å². The average molecular weight is 337 g/mol. The van der Waals surface area contributed by atoms with Crippen molar-refractivity contribution in [2.75, 3.05) is 7.05 Å². The highest BCUT2D eigenvalue weighted by Crippen LogP contribution is 2.41. The van der Waals surface area contributed by atoms with E-state index in [1.807, 2.05) is 6.07 Å². The molecule has 20 heavy (non-hydrogen) atoms. The molecule has 0 atom stereocenters. The number of hydrogen-bond acceptors (Lipinski definition) is 5. The molecule has 0 radical (unpaired) electrons. The lowest BCUT2D eigenvalue weighted by Crippen LogP contribution is -2.28. The van der Waals surface area contributed by atoms with Crippen molar-refractivity contribution in [1.29, 1.82) is 0 Å². The molecular formula is C13H13BrN4O2. The van der Waals surface area contributed by atoms with Crippen LogP contribution in [0.1, 0.15) is 40.6 Å². The van der Waals surface area contributed by atoms with Crippen LogP contribution in [0.3, 0.4) is 0 Å². The molecule has 0 saturated heterocycles. The second-order valence-corrected chi connectivity index (χ2v) is 5.78. The number of rotatable bonds is 4. The number of pyridine rings is 1. The van der Waals surface area contributed by atoms with Gasteiger partial charge in [-0.2, -0.15) is 4.98 Å². The first-order chi connectivity index (χ1) is 9.65. The maximum Gasteiger partial charge on any atom is 0.255 e. The van der Waals surface area contributed by atoms with Crippen molar-refractivity contribution in [3.63, 3.8) is 0 Å². The lowest BCUT2D eigenvalue weighted by Gasteiger charge is -2.17. The van der Waals surface area contributed by atoms with Crippen LogP contribution in [0.15, 0.2) is 27.7 Å². The second-order valence-electron chi connectivity index (χ2n) is 4.87. The van der Waals surface area contributed by atoms with Gasteiger partial charge >= 0.3 is 0 Å². The van der Waals surface area contributed by atoms with E-state index < -0.39 is 0 Å². The van der Waals surface area contributed by atoms with Crippen LogP contribution in [0.4, 0.5) is 0 Å². The number of carbonyl (C=O) groups is 1. The highest BCUT2D eigenvalue weighted by molar-refractivity contribution is 9.10. The summed E-state index contributed by atoms with van der Waals surface area (Å²) in [5.41, 5.74) is 1.53. The Kier molecular flexibility index (Phi) is 3.52. The molecule has 1 amide bonds. The predicted octanol–water partition coefficient (Wildman–Crippen LogP) is 2.38. The molecule has 0 aliphatic heterocycles. The fourth-order valence-corrected chi connectivity index (χ4v) is 2.39. The fourth-order valence-electron chi connectivity index (χ4n) is 2.05. The molecule has 1 fully saturated rings. The first-order valence-electron chi connectivity index (χ1n) is 6.31. The molecule has 2 heterocycles. The summed E-state index contributed by atoms with van der Waals surface area (Å²) < 4.78 is 5.48. The van der Waals surface area contributed by atoms with Gasteiger partial charge < -0.3 is 9.42 Å². The van der Waals surface area contributed by atoms with Crippen molar-refractivity contribution >= 4 is 21.8 Å². The van der Waals surface area contributed by atoms with Crippen LogP contribution < -0.4 is 0 Å². The summed E-state index contributed by atoms with van der Waals surface area (Å²) in [5, 5.41) is 3.71. The standard InChI is InChI=1S/C13H13BrN4O2/c1-18(6-11-16-7-20-17-11)13(19)10-4-9(14)5-15-12(10)8-2-3-8/h4-5,7-8H,2-3,6H2,1H3. The fraction of sp³-hybridized carbons (Fsp3) is 0.385. The first kappa shape index (κ1) is 13.2. The Balaban J connectivity index is 1.84. The summed E-state index contributed by atoms with van der Waals surface area (Å²) >= 11 is 3.37. The van der Waals surface area contributed by atoms with Crippen LogP contribution in [-0.4, -0.2) is 33.0 Å². The minimum Gasteiger partial charge on any atom is -0.343 e. The summed E-state index contributed by atoms with van der Waals surface area (Å²) in [6.07, 6.45) is 5.19. The van der Waals surface area contributed by atoms with E-state index in [1.54, 1.807) is 18.1 Å². The van der Waals surface area contributed by atoms with Gasteiger partial charge in [0.25, 0.3) is 5.91 Å². The quantitative estimate of drug-likeness (QED) is 0.857. The number of nitrogens with zero attached hydrogens (tertiary/aromatic N) is 4. The van der Waals surface area contributed by atoms with E-state index in [-0.39, 0.29) is 5.91 Å². The smallest absolute Gasteiger partial charge is 0.255 e. The maximum atomic E-state index is 12.6. The number of amides is 1. The summed E-state index contributed by atoms with van der Waals surface area (Å²) in [4.78, 5) is 22.4. The molecule has 0 N–H and O–H groups in total. The van der Waals surface area contributed by atoms with E-state index in [9.17, 15) is 4.79 Å². The zero-order valence-electron chi connectivity index (χ0n) is 10.9. The molecule has 6 nitrogen and oxygen atoms in total. The lowest BCUT2D eigenvalue weighted by molar-refractivity contribution is 0.0779. The van der Waals surface area contributed by atoms with Gasteiger partial charge in [0, 0.05) is 23.6 Å². The van der Waals surface area contributed by atoms with E-state index >= 15 is 0 Å². The topological polar surface area (TPSA) is 72.1 Å². The van der Waals surface area contributed by atoms with Gasteiger partial charge in [-0.15, -0.1) is 0 Å². The van der Waals surface area contributed by atoms with Gasteiger partial charge in [0.2, 0.25) is 6.39 Å². The van der Waals surface area contributed by atoms with Crippen molar-refractivity contribution in [1.82, 2.24) is 20.0 Å². The number of carbonyl (C=O) groups excluding carboxylic acids is 1. The monoisotopic (exact) mass is 336 g/mol. The Morgan fingerprint density at radius 2 is 2.30 bits per heavy atom. The average Bonchev–Trinajstić information content (AvgIpc) is 3.15. The number of aromatic nitrogens is 3. The van der Waals surface area contributed by atoms with Gasteiger partial charge in [0.05, 0.1) is 17.8 Å². The van der Waals surface area contributed by atoms with Crippen LogP contribution in [0.5, 0.6) is 0 Å².